The van der Waals surface area contributed by atoms with E-state index in [1.807, 2.05) is 11.6 Å². The van der Waals surface area contributed by atoms with Gasteiger partial charge in [0.2, 0.25) is 0 Å². The highest BCUT2D eigenvalue weighted by atomic mass is 79.9. The molecule has 0 atom stereocenters. The van der Waals surface area contributed by atoms with Gasteiger partial charge in [0.25, 0.3) is 0 Å². The van der Waals surface area contributed by atoms with Crippen LogP contribution in [0.5, 0.6) is 0 Å². The van der Waals surface area contributed by atoms with Crippen molar-refractivity contribution < 1.29 is 0 Å². The van der Waals surface area contributed by atoms with Crippen LogP contribution < -0.4 is 0 Å². The molecule has 4 heteroatoms. The molecule has 0 saturated heterocycles. The number of rotatable bonds is 2. The van der Waals surface area contributed by atoms with Crippen molar-refractivity contribution in [1.29, 1.82) is 0 Å². The van der Waals surface area contributed by atoms with Crippen molar-refractivity contribution in [3.63, 3.8) is 0 Å². The molecule has 1 aromatic heterocycles. The molecule has 62 valence electrons. The Kier molecular flexibility index (Phi) is 3.01. The fourth-order valence-corrected chi connectivity index (χ4v) is 1.70. The van der Waals surface area contributed by atoms with E-state index in [4.69, 9.17) is 0 Å². The molecule has 0 amide bonds. The first-order valence-electron chi connectivity index (χ1n) is 3.35. The molecular weight excluding hydrogens is 224 g/mol. The van der Waals surface area contributed by atoms with Gasteiger partial charge in [-0.15, -0.1) is 11.8 Å². The molecule has 0 aliphatic rings. The first-order valence-corrected chi connectivity index (χ1v) is 5.54. The number of hydrogen-bond acceptors (Lipinski definition) is 2. The molecule has 1 heterocycles. The van der Waals surface area contributed by atoms with Crippen LogP contribution in [0, 0.1) is 13.8 Å². The lowest BCUT2D eigenvalue weighted by Crippen LogP contribution is -1.98. The molecule has 0 bridgehead atoms. The normalized spacial score (nSPS) is 10.5. The highest BCUT2D eigenvalue weighted by molar-refractivity contribution is 9.10. The second kappa shape index (κ2) is 3.63. The van der Waals surface area contributed by atoms with Gasteiger partial charge in [0.05, 0.1) is 21.7 Å². The number of thioether (sulfide) groups is 1. The van der Waals surface area contributed by atoms with Gasteiger partial charge in [0.1, 0.15) is 0 Å². The zero-order valence-electron chi connectivity index (χ0n) is 6.89. The van der Waals surface area contributed by atoms with Crippen molar-refractivity contribution in [1.82, 2.24) is 9.78 Å². The van der Waals surface area contributed by atoms with E-state index in [-0.39, 0.29) is 0 Å². The second-order valence-corrected chi connectivity index (χ2v) is 4.03. The van der Waals surface area contributed by atoms with Gasteiger partial charge in [0.15, 0.2) is 0 Å². The maximum atomic E-state index is 4.35. The summed E-state index contributed by atoms with van der Waals surface area (Å²) in [5.74, 6) is 0.929. The number of aryl methyl sites for hydroxylation is 1. The molecule has 0 radical (unpaired) electrons. The summed E-state index contributed by atoms with van der Waals surface area (Å²) in [5, 5.41) is 4.35. The van der Waals surface area contributed by atoms with Gasteiger partial charge in [-0.25, -0.2) is 0 Å². The van der Waals surface area contributed by atoms with Crippen LogP contribution in [0.15, 0.2) is 4.47 Å². The van der Waals surface area contributed by atoms with E-state index in [1.165, 1.54) is 5.69 Å². The number of halogens is 1. The Labute approximate surface area is 79.5 Å². The van der Waals surface area contributed by atoms with Crippen LogP contribution in [-0.4, -0.2) is 16.0 Å². The molecule has 0 fully saturated rings. The summed E-state index contributed by atoms with van der Waals surface area (Å²) >= 11 is 5.25. The fourth-order valence-electron chi connectivity index (χ4n) is 0.923. The van der Waals surface area contributed by atoms with E-state index >= 15 is 0 Å². The summed E-state index contributed by atoms with van der Waals surface area (Å²) in [4.78, 5) is 0. The molecule has 0 saturated carbocycles. The quantitative estimate of drug-likeness (QED) is 0.784. The van der Waals surface area contributed by atoms with Gasteiger partial charge in [-0.05, 0) is 36.0 Å². The summed E-state index contributed by atoms with van der Waals surface area (Å²) in [6, 6.07) is 0. The van der Waals surface area contributed by atoms with Crippen LogP contribution in [0.25, 0.3) is 0 Å². The summed E-state index contributed by atoms with van der Waals surface area (Å²) in [6.07, 6.45) is 2.07. The summed E-state index contributed by atoms with van der Waals surface area (Å²) in [7, 11) is 0. The largest absolute Gasteiger partial charge is 0.258 e. The van der Waals surface area contributed by atoms with Crippen molar-refractivity contribution in [2.75, 3.05) is 6.26 Å². The Morgan fingerprint density at radius 2 is 2.18 bits per heavy atom. The van der Waals surface area contributed by atoms with Crippen LogP contribution in [0.3, 0.4) is 0 Å². The highest BCUT2D eigenvalue weighted by Crippen LogP contribution is 2.20. The van der Waals surface area contributed by atoms with Gasteiger partial charge < -0.3 is 0 Å². The van der Waals surface area contributed by atoms with Crippen LogP contribution in [-0.2, 0) is 5.88 Å². The molecule has 1 aromatic rings. The molecule has 0 aliphatic heterocycles. The number of aromatic nitrogens is 2. The first-order chi connectivity index (χ1) is 5.16. The van der Waals surface area contributed by atoms with E-state index in [0.717, 1.165) is 16.0 Å². The van der Waals surface area contributed by atoms with E-state index in [9.17, 15) is 0 Å². The molecule has 2 nitrogen and oxygen atoms in total. The van der Waals surface area contributed by atoms with E-state index in [2.05, 4.69) is 34.2 Å². The lowest BCUT2D eigenvalue weighted by atomic mass is 10.4. The minimum absolute atomic E-state index is 0.929. The predicted octanol–water partition coefficient (Wildman–Crippen LogP) is 2.58. The lowest BCUT2D eigenvalue weighted by molar-refractivity contribution is 0.717. The zero-order chi connectivity index (χ0) is 8.43. The van der Waals surface area contributed by atoms with Crippen molar-refractivity contribution in [2.24, 2.45) is 0 Å². The third-order valence-electron chi connectivity index (χ3n) is 1.54. The molecule has 0 aromatic carbocycles. The molecule has 1 rings (SSSR count). The van der Waals surface area contributed by atoms with Crippen molar-refractivity contribution in [2.45, 2.75) is 19.7 Å². The SMILES string of the molecule is CSCn1nc(C)c(Br)c1C. The monoisotopic (exact) mass is 234 g/mol. The van der Waals surface area contributed by atoms with Gasteiger partial charge in [0, 0.05) is 0 Å². The lowest BCUT2D eigenvalue weighted by Gasteiger charge is -1.99. The minimum Gasteiger partial charge on any atom is -0.258 e. The first kappa shape index (κ1) is 9.13. The summed E-state index contributed by atoms with van der Waals surface area (Å²) in [5.41, 5.74) is 2.27. The summed E-state index contributed by atoms with van der Waals surface area (Å²) < 4.78 is 3.14. The Morgan fingerprint density at radius 3 is 2.55 bits per heavy atom. The van der Waals surface area contributed by atoms with Crippen LogP contribution in [0.1, 0.15) is 11.4 Å². The maximum Gasteiger partial charge on any atom is 0.0864 e. The predicted molar refractivity (Wildman–Crippen MR) is 52.9 cm³/mol. The molecule has 0 spiro atoms. The Morgan fingerprint density at radius 1 is 1.55 bits per heavy atom. The smallest absolute Gasteiger partial charge is 0.0864 e. The Balaban J connectivity index is 2.98. The Bertz CT molecular complexity index is 257. The topological polar surface area (TPSA) is 17.8 Å². The molecule has 11 heavy (non-hydrogen) atoms. The number of hydrogen-bond donors (Lipinski definition) is 0. The molecule has 0 aliphatic carbocycles. The standard InChI is InChI=1S/C7H11BrN2S/c1-5-7(8)6(2)10(9-5)4-11-3/h4H2,1-3H3. The second-order valence-electron chi connectivity index (χ2n) is 2.40. The van der Waals surface area contributed by atoms with Crippen LogP contribution >= 0.6 is 27.7 Å². The summed E-state index contributed by atoms with van der Waals surface area (Å²) in [6.45, 7) is 4.08. The average Bonchev–Trinajstić information content (AvgIpc) is 2.19. The van der Waals surface area contributed by atoms with Gasteiger partial charge in [-0.2, -0.15) is 5.10 Å². The van der Waals surface area contributed by atoms with Crippen molar-refractivity contribution in [3.8, 4) is 0 Å². The van der Waals surface area contributed by atoms with E-state index in [1.54, 1.807) is 11.8 Å². The van der Waals surface area contributed by atoms with Crippen molar-refractivity contribution >= 4 is 27.7 Å². The zero-order valence-corrected chi connectivity index (χ0v) is 9.29. The van der Waals surface area contributed by atoms with E-state index < -0.39 is 0 Å². The van der Waals surface area contributed by atoms with E-state index in [0.29, 0.717) is 0 Å². The number of nitrogens with zero attached hydrogens (tertiary/aromatic N) is 2. The van der Waals surface area contributed by atoms with Crippen molar-refractivity contribution in [3.05, 3.63) is 15.9 Å². The maximum absolute atomic E-state index is 4.35. The van der Waals surface area contributed by atoms with Gasteiger partial charge in [-0.1, -0.05) is 0 Å². The van der Waals surface area contributed by atoms with Gasteiger partial charge >= 0.3 is 0 Å². The average molecular weight is 235 g/mol. The van der Waals surface area contributed by atoms with Gasteiger partial charge in [-0.3, -0.25) is 4.68 Å². The minimum atomic E-state index is 0.929. The third kappa shape index (κ3) is 1.79. The highest BCUT2D eigenvalue weighted by Gasteiger charge is 2.06. The molecule has 0 unspecified atom stereocenters. The fraction of sp³-hybridized carbons (Fsp3) is 0.571. The van der Waals surface area contributed by atoms with Crippen LogP contribution in [0.4, 0.5) is 0 Å². The Hall–Kier alpha value is 0.0400. The van der Waals surface area contributed by atoms with Crippen LogP contribution in [0.2, 0.25) is 0 Å². The third-order valence-corrected chi connectivity index (χ3v) is 3.19. The molecular formula is C7H11BrN2S. The molecule has 0 N–H and O–H groups in total.